The van der Waals surface area contributed by atoms with Gasteiger partial charge in [0, 0.05) is 43.5 Å². The Kier molecular flexibility index (Phi) is 8.19. The van der Waals surface area contributed by atoms with Crippen molar-refractivity contribution in [2.45, 2.75) is 46.2 Å². The van der Waals surface area contributed by atoms with Crippen molar-refractivity contribution in [1.29, 1.82) is 0 Å². The van der Waals surface area contributed by atoms with Crippen LogP contribution >= 0.6 is 0 Å². The standard InChI is InChI=1S/C34H36N6O8/c1-18-30(44)28(20(3)41)32-29(31(18)45)34(4)25(48-32)14-23(42)27(33(34)46)19(2)35-15-21-16-40(37-36-21)17-26(43)39-12-10-38(11-13-39)22-8-6-7-9-24(22)47-5/h6-9,14,16,35,44-45H,10-13,15,17H2,1-5H3/b27-19+. The molecule has 1 saturated heterocycles. The number of rotatable bonds is 8. The molecule has 14 heteroatoms. The summed E-state index contributed by atoms with van der Waals surface area (Å²) in [6.45, 7) is 8.28. The molecule has 3 N–H and O–H groups in total. The van der Waals surface area contributed by atoms with E-state index in [1.807, 2.05) is 24.3 Å². The Morgan fingerprint density at radius 3 is 2.48 bits per heavy atom. The topological polar surface area (TPSA) is 176 Å². The summed E-state index contributed by atoms with van der Waals surface area (Å²) < 4.78 is 12.7. The van der Waals surface area contributed by atoms with Crippen LogP contribution in [0.4, 0.5) is 5.69 Å². The maximum Gasteiger partial charge on any atom is 0.244 e. The summed E-state index contributed by atoms with van der Waals surface area (Å²) in [5, 5.41) is 32.8. The van der Waals surface area contributed by atoms with E-state index in [4.69, 9.17) is 9.47 Å². The predicted molar refractivity (Wildman–Crippen MR) is 172 cm³/mol. The van der Waals surface area contributed by atoms with E-state index in [0.29, 0.717) is 31.9 Å². The van der Waals surface area contributed by atoms with Crippen molar-refractivity contribution in [2.24, 2.45) is 0 Å². The molecule has 3 aromatic rings. The summed E-state index contributed by atoms with van der Waals surface area (Å²) in [5.74, 6) is -2.11. The Bertz CT molecular complexity index is 1940. The SMILES string of the molecule is COc1ccccc1N1CCN(C(=O)Cn2cc(CN/C(C)=C3\C(=O)C=C4Oc5c(C(C)=O)c(O)c(C)c(O)c5C4(C)C3=O)nn2)CC1. The fourth-order valence-electron chi connectivity index (χ4n) is 6.50. The molecule has 14 nitrogen and oxygen atoms in total. The van der Waals surface area contributed by atoms with Crippen LogP contribution in [0, 0.1) is 6.92 Å². The van der Waals surface area contributed by atoms with Crippen molar-refractivity contribution in [1.82, 2.24) is 25.2 Å². The average Bonchev–Trinajstić information content (AvgIpc) is 3.64. The Hall–Kier alpha value is -5.66. The number of anilines is 1. The molecule has 1 aromatic heterocycles. The van der Waals surface area contributed by atoms with Crippen LogP contribution in [0.1, 0.15) is 48.0 Å². The number of benzene rings is 2. The molecule has 1 amide bonds. The van der Waals surface area contributed by atoms with E-state index in [1.54, 1.807) is 25.1 Å². The molecule has 0 bridgehead atoms. The molecule has 0 spiro atoms. The summed E-state index contributed by atoms with van der Waals surface area (Å²) in [6, 6.07) is 7.78. The largest absolute Gasteiger partial charge is 0.507 e. The third-order valence-electron chi connectivity index (χ3n) is 9.24. The van der Waals surface area contributed by atoms with Gasteiger partial charge in [0.05, 0.1) is 36.7 Å². The lowest BCUT2D eigenvalue weighted by atomic mass is 9.70. The Balaban J connectivity index is 1.13. The third-order valence-corrected chi connectivity index (χ3v) is 9.24. The summed E-state index contributed by atoms with van der Waals surface area (Å²) in [7, 11) is 1.64. The lowest BCUT2D eigenvalue weighted by molar-refractivity contribution is -0.132. The number of hydrogen-bond donors (Lipinski definition) is 3. The number of methoxy groups -OCH3 is 1. The van der Waals surface area contributed by atoms with Crippen LogP contribution in [0.2, 0.25) is 0 Å². The van der Waals surface area contributed by atoms with Gasteiger partial charge in [0.2, 0.25) is 5.91 Å². The summed E-state index contributed by atoms with van der Waals surface area (Å²) in [6.07, 6.45) is 2.78. The zero-order chi connectivity index (χ0) is 34.5. The summed E-state index contributed by atoms with van der Waals surface area (Å²) in [5.41, 5.74) is -0.170. The number of piperazine rings is 1. The number of nitrogens with one attached hydrogen (secondary N) is 1. The number of fused-ring (bicyclic) bond motifs is 3. The van der Waals surface area contributed by atoms with Crippen LogP contribution in [0.5, 0.6) is 23.0 Å². The quantitative estimate of drug-likeness (QED) is 0.184. The molecular formula is C34H36N6O8. The molecule has 0 radical (unpaired) electrons. The number of phenols is 2. The lowest BCUT2D eigenvalue weighted by Crippen LogP contribution is -2.49. The average molecular weight is 657 g/mol. The van der Waals surface area contributed by atoms with Crippen LogP contribution in [-0.2, 0) is 32.9 Å². The van der Waals surface area contributed by atoms with Crippen molar-refractivity contribution in [3.63, 3.8) is 0 Å². The van der Waals surface area contributed by atoms with Gasteiger partial charge < -0.3 is 34.8 Å². The van der Waals surface area contributed by atoms with E-state index in [-0.39, 0.29) is 58.5 Å². The Labute approximate surface area is 276 Å². The zero-order valence-electron chi connectivity index (χ0n) is 27.3. The molecule has 1 aliphatic carbocycles. The number of carbonyl (C=O) groups excluding carboxylic acids is 4. The third kappa shape index (κ3) is 5.22. The van der Waals surface area contributed by atoms with Gasteiger partial charge in [0.1, 0.15) is 52.0 Å². The van der Waals surface area contributed by atoms with E-state index in [0.717, 1.165) is 17.5 Å². The molecular weight excluding hydrogens is 620 g/mol. The number of aromatic nitrogens is 3. The molecule has 48 heavy (non-hydrogen) atoms. The molecule has 3 aliphatic rings. The maximum absolute atomic E-state index is 14.0. The second-order valence-corrected chi connectivity index (χ2v) is 12.2. The minimum absolute atomic E-state index is 0.00471. The lowest BCUT2D eigenvalue weighted by Gasteiger charge is -2.36. The number of para-hydroxylation sites is 2. The highest BCUT2D eigenvalue weighted by atomic mass is 16.5. The number of amides is 1. The number of ketones is 3. The number of allylic oxidation sites excluding steroid dienone is 4. The van der Waals surface area contributed by atoms with Gasteiger partial charge >= 0.3 is 0 Å². The van der Waals surface area contributed by atoms with E-state index in [2.05, 4.69) is 20.5 Å². The number of aromatic hydroxyl groups is 2. The van der Waals surface area contributed by atoms with Gasteiger partial charge in [-0.2, -0.15) is 0 Å². The van der Waals surface area contributed by atoms with Crippen LogP contribution in [0.3, 0.4) is 0 Å². The molecule has 0 saturated carbocycles. The minimum atomic E-state index is -1.61. The molecule has 2 aromatic carbocycles. The van der Waals surface area contributed by atoms with E-state index in [9.17, 15) is 29.4 Å². The van der Waals surface area contributed by atoms with Gasteiger partial charge in [0.25, 0.3) is 0 Å². The van der Waals surface area contributed by atoms with Gasteiger partial charge in [0.15, 0.2) is 17.3 Å². The number of nitrogens with zero attached hydrogens (tertiary/aromatic N) is 5. The first kappa shape index (κ1) is 32.3. The van der Waals surface area contributed by atoms with E-state index >= 15 is 0 Å². The molecule has 2 aliphatic heterocycles. The normalized spacial score (nSPS) is 19.7. The van der Waals surface area contributed by atoms with Gasteiger partial charge in [-0.1, -0.05) is 17.3 Å². The predicted octanol–water partition coefficient (Wildman–Crippen LogP) is 2.31. The van der Waals surface area contributed by atoms with Crippen molar-refractivity contribution < 1.29 is 38.9 Å². The van der Waals surface area contributed by atoms with E-state index in [1.165, 1.54) is 25.5 Å². The van der Waals surface area contributed by atoms with Crippen molar-refractivity contribution in [2.75, 3.05) is 38.2 Å². The number of Topliss-reactive ketones (excluding diaryl/α,β-unsaturated/α-hetero) is 2. The smallest absolute Gasteiger partial charge is 0.244 e. The highest BCUT2D eigenvalue weighted by Gasteiger charge is 2.56. The Morgan fingerprint density at radius 2 is 1.79 bits per heavy atom. The fraction of sp³-hybridized carbons (Fsp3) is 0.353. The highest BCUT2D eigenvalue weighted by molar-refractivity contribution is 6.31. The first-order valence-electron chi connectivity index (χ1n) is 15.4. The monoisotopic (exact) mass is 656 g/mol. The minimum Gasteiger partial charge on any atom is -0.507 e. The van der Waals surface area contributed by atoms with Crippen molar-refractivity contribution >= 4 is 28.9 Å². The maximum atomic E-state index is 14.0. The number of ether oxygens (including phenoxy) is 2. The molecule has 3 heterocycles. The number of hydrogen-bond acceptors (Lipinski definition) is 12. The fourth-order valence-corrected chi connectivity index (χ4v) is 6.50. The first-order chi connectivity index (χ1) is 22.9. The Morgan fingerprint density at radius 1 is 1.08 bits per heavy atom. The van der Waals surface area contributed by atoms with Crippen LogP contribution in [-0.4, -0.2) is 86.7 Å². The number of phenolic OH excluding ortho intramolecular Hbond substituents is 2. The van der Waals surface area contributed by atoms with Gasteiger partial charge in [-0.25, -0.2) is 4.68 Å². The second kappa shape index (κ2) is 12.2. The number of carbonyl (C=O) groups is 4. The van der Waals surface area contributed by atoms with Crippen LogP contribution in [0.25, 0.3) is 0 Å². The molecule has 1 fully saturated rings. The summed E-state index contributed by atoms with van der Waals surface area (Å²) in [4.78, 5) is 56.6. The van der Waals surface area contributed by atoms with Gasteiger partial charge in [-0.15, -0.1) is 5.10 Å². The van der Waals surface area contributed by atoms with Gasteiger partial charge in [-0.3, -0.25) is 19.2 Å². The molecule has 6 rings (SSSR count). The summed E-state index contributed by atoms with van der Waals surface area (Å²) >= 11 is 0. The molecule has 1 unspecified atom stereocenters. The highest BCUT2D eigenvalue weighted by Crippen LogP contribution is 2.57. The second-order valence-electron chi connectivity index (χ2n) is 12.2. The first-order valence-corrected chi connectivity index (χ1v) is 15.4. The van der Waals surface area contributed by atoms with Crippen LogP contribution in [0.15, 0.2) is 53.6 Å². The molecule has 250 valence electrons. The molecule has 1 atom stereocenters. The van der Waals surface area contributed by atoms with Crippen LogP contribution < -0.4 is 19.7 Å². The van der Waals surface area contributed by atoms with Crippen molar-refractivity contribution in [3.05, 3.63) is 76.0 Å². The zero-order valence-corrected chi connectivity index (χ0v) is 27.3. The van der Waals surface area contributed by atoms with Gasteiger partial charge in [-0.05, 0) is 39.8 Å². The van der Waals surface area contributed by atoms with Crippen molar-refractivity contribution in [3.8, 4) is 23.0 Å². The van der Waals surface area contributed by atoms with E-state index < -0.39 is 34.3 Å².